The van der Waals surface area contributed by atoms with Crippen molar-refractivity contribution in [1.29, 1.82) is 0 Å². The number of anilines is 1. The van der Waals surface area contributed by atoms with Crippen LogP contribution >= 0.6 is 15.9 Å². The number of carbonyl (C=O) groups excluding carboxylic acids is 1. The third-order valence-electron chi connectivity index (χ3n) is 3.53. The minimum atomic E-state index is -0.368. The van der Waals surface area contributed by atoms with Crippen LogP contribution < -0.4 is 5.32 Å². The van der Waals surface area contributed by atoms with E-state index in [9.17, 15) is 9.18 Å². The van der Waals surface area contributed by atoms with Gasteiger partial charge in [-0.05, 0) is 70.5 Å². The molecule has 0 aliphatic heterocycles. The highest BCUT2D eigenvalue weighted by Crippen LogP contribution is 2.26. The quantitative estimate of drug-likeness (QED) is 0.510. The predicted octanol–water partition coefficient (Wildman–Crippen LogP) is 5.24. The number of halogens is 2. The maximum atomic E-state index is 13.0. The third kappa shape index (κ3) is 3.18. The van der Waals surface area contributed by atoms with E-state index in [1.54, 1.807) is 42.5 Å². The summed E-state index contributed by atoms with van der Waals surface area (Å²) >= 11 is 3.16. The summed E-state index contributed by atoms with van der Waals surface area (Å²) in [7, 11) is 0. The zero-order chi connectivity index (χ0) is 17.4. The topological polar surface area (TPSA) is 68.3 Å². The number of amides is 1. The molecule has 2 aromatic heterocycles. The van der Waals surface area contributed by atoms with Gasteiger partial charge in [-0.25, -0.2) is 9.37 Å². The van der Waals surface area contributed by atoms with Gasteiger partial charge < -0.3 is 14.2 Å². The standard InChI is InChI=1S/C18H10BrFN2O3/c19-16-8-7-15(24-16)17(23)21-12-5-6-14-13(9-12)22-18(25-14)10-1-3-11(20)4-2-10/h1-9H,(H,21,23). The molecule has 1 amide bonds. The van der Waals surface area contributed by atoms with Crippen molar-refractivity contribution in [3.8, 4) is 11.5 Å². The number of nitrogens with one attached hydrogen (secondary N) is 1. The van der Waals surface area contributed by atoms with E-state index < -0.39 is 0 Å². The fraction of sp³-hybridized carbons (Fsp3) is 0. The number of furan rings is 1. The van der Waals surface area contributed by atoms with Crippen molar-refractivity contribution in [2.75, 3.05) is 5.32 Å². The smallest absolute Gasteiger partial charge is 0.291 e. The first kappa shape index (κ1) is 15.6. The lowest BCUT2D eigenvalue weighted by Crippen LogP contribution is -2.10. The summed E-state index contributed by atoms with van der Waals surface area (Å²) in [5.41, 5.74) is 2.38. The fourth-order valence-corrected chi connectivity index (χ4v) is 2.66. The van der Waals surface area contributed by atoms with Crippen LogP contribution in [0.25, 0.3) is 22.6 Å². The number of rotatable bonds is 3. The lowest BCUT2D eigenvalue weighted by Gasteiger charge is -2.02. The number of aromatic nitrogens is 1. The summed E-state index contributed by atoms with van der Waals surface area (Å²) < 4.78 is 24.4. The van der Waals surface area contributed by atoms with Crippen molar-refractivity contribution in [2.45, 2.75) is 0 Å². The van der Waals surface area contributed by atoms with Crippen molar-refractivity contribution in [3.05, 3.63) is 70.8 Å². The van der Waals surface area contributed by atoms with Crippen molar-refractivity contribution in [1.82, 2.24) is 4.98 Å². The molecule has 0 saturated heterocycles. The van der Waals surface area contributed by atoms with Crippen molar-refractivity contribution >= 4 is 38.6 Å². The number of benzene rings is 2. The normalized spacial score (nSPS) is 11.0. The van der Waals surface area contributed by atoms with Gasteiger partial charge >= 0.3 is 0 Å². The molecule has 2 heterocycles. The number of fused-ring (bicyclic) bond motifs is 1. The molecule has 7 heteroatoms. The average molecular weight is 401 g/mol. The molecule has 25 heavy (non-hydrogen) atoms. The first-order valence-electron chi connectivity index (χ1n) is 7.32. The monoisotopic (exact) mass is 400 g/mol. The first-order valence-corrected chi connectivity index (χ1v) is 8.11. The van der Waals surface area contributed by atoms with Gasteiger partial charge in [0.2, 0.25) is 5.89 Å². The Labute approximate surface area is 149 Å². The van der Waals surface area contributed by atoms with E-state index in [1.165, 1.54) is 12.1 Å². The molecule has 2 aromatic carbocycles. The predicted molar refractivity (Wildman–Crippen MR) is 93.8 cm³/mol. The first-order chi connectivity index (χ1) is 12.1. The summed E-state index contributed by atoms with van der Waals surface area (Å²) in [6.07, 6.45) is 0. The molecule has 0 aliphatic carbocycles. The lowest BCUT2D eigenvalue weighted by atomic mass is 10.2. The van der Waals surface area contributed by atoms with Gasteiger partial charge in [-0.1, -0.05) is 0 Å². The van der Waals surface area contributed by atoms with E-state index in [0.29, 0.717) is 32.9 Å². The Morgan fingerprint density at radius 1 is 1.04 bits per heavy atom. The van der Waals surface area contributed by atoms with Crippen molar-refractivity contribution < 1.29 is 18.0 Å². The Morgan fingerprint density at radius 2 is 1.84 bits per heavy atom. The van der Waals surface area contributed by atoms with E-state index in [0.717, 1.165) is 0 Å². The van der Waals surface area contributed by atoms with Crippen LogP contribution in [0.3, 0.4) is 0 Å². The summed E-state index contributed by atoms with van der Waals surface area (Å²) in [6, 6.07) is 14.2. The molecule has 1 N–H and O–H groups in total. The van der Waals surface area contributed by atoms with Gasteiger partial charge in [-0.2, -0.15) is 0 Å². The molecule has 0 spiro atoms. The van der Waals surface area contributed by atoms with E-state index in [2.05, 4.69) is 26.2 Å². The number of carbonyl (C=O) groups is 1. The van der Waals surface area contributed by atoms with Crippen LogP contribution in [-0.2, 0) is 0 Å². The molecular weight excluding hydrogens is 391 g/mol. The van der Waals surface area contributed by atoms with Crippen LogP contribution in [0.1, 0.15) is 10.6 Å². The van der Waals surface area contributed by atoms with Crippen molar-refractivity contribution in [3.63, 3.8) is 0 Å². The molecule has 0 fully saturated rings. The lowest BCUT2D eigenvalue weighted by molar-refractivity contribution is 0.0995. The molecule has 0 saturated carbocycles. The molecule has 0 radical (unpaired) electrons. The Morgan fingerprint density at radius 3 is 2.56 bits per heavy atom. The molecule has 124 valence electrons. The second kappa shape index (κ2) is 6.18. The molecule has 0 atom stereocenters. The third-order valence-corrected chi connectivity index (χ3v) is 3.96. The summed E-state index contributed by atoms with van der Waals surface area (Å²) in [4.78, 5) is 16.5. The van der Waals surface area contributed by atoms with Gasteiger partial charge in [0.15, 0.2) is 16.0 Å². The van der Waals surface area contributed by atoms with Crippen LogP contribution in [0, 0.1) is 5.82 Å². The summed E-state index contributed by atoms with van der Waals surface area (Å²) in [5.74, 6) is -0.116. The van der Waals surface area contributed by atoms with E-state index >= 15 is 0 Å². The van der Waals surface area contributed by atoms with E-state index in [1.807, 2.05) is 0 Å². The molecule has 0 unspecified atom stereocenters. The highest BCUT2D eigenvalue weighted by Gasteiger charge is 2.13. The van der Waals surface area contributed by atoms with Gasteiger partial charge in [0.05, 0.1) is 0 Å². The summed E-state index contributed by atoms with van der Waals surface area (Å²) in [6.45, 7) is 0. The zero-order valence-electron chi connectivity index (χ0n) is 12.6. The largest absolute Gasteiger partial charge is 0.444 e. The molecule has 4 aromatic rings. The highest BCUT2D eigenvalue weighted by molar-refractivity contribution is 9.10. The average Bonchev–Trinajstić information content (AvgIpc) is 3.21. The molecule has 4 rings (SSSR count). The molecule has 0 aliphatic rings. The van der Waals surface area contributed by atoms with Gasteiger partial charge in [0.25, 0.3) is 5.91 Å². The number of oxazole rings is 1. The van der Waals surface area contributed by atoms with Crippen LogP contribution in [0.5, 0.6) is 0 Å². The van der Waals surface area contributed by atoms with Gasteiger partial charge in [0.1, 0.15) is 11.3 Å². The van der Waals surface area contributed by atoms with Gasteiger partial charge in [0, 0.05) is 11.3 Å². The second-order valence-corrected chi connectivity index (χ2v) is 6.05. The number of hydrogen-bond donors (Lipinski definition) is 1. The minimum absolute atomic E-state index is 0.194. The highest BCUT2D eigenvalue weighted by atomic mass is 79.9. The maximum Gasteiger partial charge on any atom is 0.291 e. The zero-order valence-corrected chi connectivity index (χ0v) is 14.2. The summed E-state index contributed by atoms with van der Waals surface area (Å²) in [5, 5.41) is 2.74. The van der Waals surface area contributed by atoms with Gasteiger partial charge in [-0.15, -0.1) is 0 Å². The Hall–Kier alpha value is -2.93. The Balaban J connectivity index is 1.61. The molecular formula is C18H10BrFN2O3. The van der Waals surface area contributed by atoms with Gasteiger partial charge in [-0.3, -0.25) is 4.79 Å². The van der Waals surface area contributed by atoms with Crippen LogP contribution in [0.2, 0.25) is 0 Å². The van der Waals surface area contributed by atoms with Crippen LogP contribution in [-0.4, -0.2) is 10.9 Å². The molecule has 0 bridgehead atoms. The second-order valence-electron chi connectivity index (χ2n) is 5.27. The van der Waals surface area contributed by atoms with Crippen molar-refractivity contribution in [2.24, 2.45) is 0 Å². The Kier molecular flexibility index (Phi) is 3.85. The SMILES string of the molecule is O=C(Nc1ccc2oc(-c3ccc(F)cc3)nc2c1)c1ccc(Br)o1. The van der Waals surface area contributed by atoms with Crippen LogP contribution in [0.4, 0.5) is 10.1 Å². The minimum Gasteiger partial charge on any atom is -0.444 e. The Bertz CT molecular complexity index is 1070. The number of hydrogen-bond acceptors (Lipinski definition) is 4. The van der Waals surface area contributed by atoms with E-state index in [4.69, 9.17) is 8.83 Å². The molecule has 5 nitrogen and oxygen atoms in total. The fourth-order valence-electron chi connectivity index (χ4n) is 2.35. The number of nitrogens with zero attached hydrogens (tertiary/aromatic N) is 1. The maximum absolute atomic E-state index is 13.0. The van der Waals surface area contributed by atoms with E-state index in [-0.39, 0.29) is 17.5 Å². The van der Waals surface area contributed by atoms with Crippen LogP contribution in [0.15, 0.2) is 68.1 Å².